The van der Waals surface area contributed by atoms with Crippen molar-refractivity contribution in [1.82, 2.24) is 24.8 Å². The molecule has 3 heterocycles. The number of hydrogen-bond acceptors (Lipinski definition) is 7. The second kappa shape index (κ2) is 14.1. The van der Waals surface area contributed by atoms with Gasteiger partial charge in [-0.25, -0.2) is 4.98 Å². The van der Waals surface area contributed by atoms with Crippen molar-refractivity contribution in [3.05, 3.63) is 58.9 Å². The molecule has 1 saturated heterocycles. The number of morpholine rings is 1. The summed E-state index contributed by atoms with van der Waals surface area (Å²) in [5.41, 5.74) is 6.61. The number of carbonyl (C=O) groups excluding carboxylic acids is 1. The summed E-state index contributed by atoms with van der Waals surface area (Å²) in [5.74, 6) is 1.84. The maximum Gasteiger partial charge on any atom is 0.253 e. The summed E-state index contributed by atoms with van der Waals surface area (Å²) in [6.45, 7) is 7.66. The van der Waals surface area contributed by atoms with E-state index >= 15 is 0 Å². The summed E-state index contributed by atoms with van der Waals surface area (Å²) in [4.78, 5) is 28.1. The van der Waals surface area contributed by atoms with Crippen LogP contribution in [0.1, 0.15) is 72.3 Å². The highest BCUT2D eigenvalue weighted by molar-refractivity contribution is 5.97. The van der Waals surface area contributed by atoms with E-state index in [9.17, 15) is 4.79 Å². The molecule has 0 bridgehead atoms. The van der Waals surface area contributed by atoms with Crippen LogP contribution in [0.5, 0.6) is 0 Å². The summed E-state index contributed by atoms with van der Waals surface area (Å²) < 4.78 is 7.85. The monoisotopic (exact) mass is 599 g/mol. The molecule has 6 rings (SSSR count). The zero-order valence-electron chi connectivity index (χ0n) is 26.8. The predicted molar refractivity (Wildman–Crippen MR) is 177 cm³/mol. The first-order valence-electron chi connectivity index (χ1n) is 16.7. The van der Waals surface area contributed by atoms with Crippen LogP contribution in [-0.2, 0) is 24.1 Å². The molecule has 236 valence electrons. The minimum atomic E-state index is 0.0386. The Bertz CT molecular complexity index is 1410. The molecule has 0 radical (unpaired) electrons. The van der Waals surface area contributed by atoms with Gasteiger partial charge in [-0.1, -0.05) is 30.3 Å². The lowest BCUT2D eigenvalue weighted by Crippen LogP contribution is -2.40. The van der Waals surface area contributed by atoms with E-state index < -0.39 is 0 Å². The number of aryl methyl sites for hydroxylation is 1. The highest BCUT2D eigenvalue weighted by atomic mass is 16.5. The summed E-state index contributed by atoms with van der Waals surface area (Å²) in [5, 5.41) is 7.02. The number of hydrogen-bond donors (Lipinski definition) is 2. The number of carbonyl (C=O) groups is 1. The highest BCUT2D eigenvalue weighted by Crippen LogP contribution is 2.30. The molecule has 1 amide bonds. The molecule has 2 N–H and O–H groups in total. The van der Waals surface area contributed by atoms with Gasteiger partial charge < -0.3 is 24.8 Å². The SMILES string of the molecule is Cc1c(C(=O)NC2CCC(Nc3nc4c(c(N(C)C)n3)CCCC4)CC2)cc(-c2ccccc2)n1CCCN1CCOCC1. The standard InChI is InChI=1S/C35H49N7O2/c1-25-30(24-32(26-10-5-4-6-11-26)42(25)19-9-18-41-20-22-44-23-21-41)34(43)36-27-14-16-28(17-15-27)37-35-38-31-13-8-7-12-29(31)33(39-35)40(2)3/h4-6,10-11,24,27-28H,7-9,12-23H2,1-3H3,(H,36,43)(H,37,38,39). The lowest BCUT2D eigenvalue weighted by molar-refractivity contribution is 0.0369. The largest absolute Gasteiger partial charge is 0.379 e. The Morgan fingerprint density at radius 2 is 1.70 bits per heavy atom. The molecule has 44 heavy (non-hydrogen) atoms. The summed E-state index contributed by atoms with van der Waals surface area (Å²) in [6, 6.07) is 13.0. The molecule has 1 aromatic carbocycles. The first-order valence-corrected chi connectivity index (χ1v) is 16.7. The number of nitrogens with zero attached hydrogens (tertiary/aromatic N) is 5. The molecule has 2 aliphatic carbocycles. The van der Waals surface area contributed by atoms with Crippen LogP contribution in [0.3, 0.4) is 0 Å². The fraction of sp³-hybridized carbons (Fsp3) is 0.571. The molecular formula is C35H49N7O2. The van der Waals surface area contributed by atoms with Crippen LogP contribution in [0.15, 0.2) is 36.4 Å². The Morgan fingerprint density at radius 1 is 0.977 bits per heavy atom. The van der Waals surface area contributed by atoms with E-state index in [1.54, 1.807) is 0 Å². The van der Waals surface area contributed by atoms with Crippen molar-refractivity contribution >= 4 is 17.7 Å². The normalized spacial score (nSPS) is 20.6. The second-order valence-electron chi connectivity index (χ2n) is 12.9. The number of benzene rings is 1. The third-order valence-corrected chi connectivity index (χ3v) is 9.62. The maximum atomic E-state index is 13.7. The minimum absolute atomic E-state index is 0.0386. The maximum absolute atomic E-state index is 13.7. The average Bonchev–Trinajstić information content (AvgIpc) is 3.38. The molecule has 0 unspecified atom stereocenters. The summed E-state index contributed by atoms with van der Waals surface area (Å²) in [7, 11) is 4.14. The number of fused-ring (bicyclic) bond motifs is 1. The van der Waals surface area contributed by atoms with Gasteiger partial charge in [0.2, 0.25) is 5.95 Å². The van der Waals surface area contributed by atoms with Crippen LogP contribution in [0, 0.1) is 6.92 Å². The van der Waals surface area contributed by atoms with Crippen LogP contribution in [0.25, 0.3) is 11.3 Å². The Morgan fingerprint density at radius 3 is 2.45 bits per heavy atom. The van der Waals surface area contributed by atoms with Gasteiger partial charge in [0.05, 0.1) is 24.5 Å². The van der Waals surface area contributed by atoms with Crippen molar-refractivity contribution in [3.8, 4) is 11.3 Å². The van der Waals surface area contributed by atoms with E-state index in [0.717, 1.165) is 119 Å². The van der Waals surface area contributed by atoms with Gasteiger partial charge in [0, 0.05) is 69.3 Å². The number of aromatic nitrogens is 3. The van der Waals surface area contributed by atoms with Gasteiger partial charge in [-0.15, -0.1) is 0 Å². The molecule has 3 aromatic rings. The van der Waals surface area contributed by atoms with E-state index in [4.69, 9.17) is 14.7 Å². The van der Waals surface area contributed by atoms with E-state index in [0.29, 0.717) is 6.04 Å². The Labute approximate surface area is 262 Å². The zero-order valence-corrected chi connectivity index (χ0v) is 26.8. The molecule has 2 fully saturated rings. The van der Waals surface area contributed by atoms with Crippen molar-refractivity contribution in [1.29, 1.82) is 0 Å². The average molecular weight is 600 g/mol. The fourth-order valence-electron chi connectivity index (χ4n) is 7.12. The van der Waals surface area contributed by atoms with Gasteiger partial charge in [0.15, 0.2) is 0 Å². The third-order valence-electron chi connectivity index (χ3n) is 9.62. The van der Waals surface area contributed by atoms with Crippen molar-refractivity contribution in [2.24, 2.45) is 0 Å². The number of nitrogens with one attached hydrogen (secondary N) is 2. The predicted octanol–water partition coefficient (Wildman–Crippen LogP) is 5.07. The van der Waals surface area contributed by atoms with Gasteiger partial charge in [0.1, 0.15) is 5.82 Å². The van der Waals surface area contributed by atoms with Gasteiger partial charge in [-0.2, -0.15) is 4.98 Å². The van der Waals surface area contributed by atoms with Crippen LogP contribution < -0.4 is 15.5 Å². The summed E-state index contributed by atoms with van der Waals surface area (Å²) in [6.07, 6.45) is 9.42. The van der Waals surface area contributed by atoms with Gasteiger partial charge in [-0.05, 0) is 76.3 Å². The van der Waals surface area contributed by atoms with E-state index in [1.807, 2.05) is 6.07 Å². The van der Waals surface area contributed by atoms with Crippen LogP contribution in [0.4, 0.5) is 11.8 Å². The van der Waals surface area contributed by atoms with Crippen LogP contribution in [0.2, 0.25) is 0 Å². The topological polar surface area (TPSA) is 87.6 Å². The molecule has 1 aliphatic heterocycles. The molecule has 9 nitrogen and oxygen atoms in total. The number of ether oxygens (including phenoxy) is 1. The smallest absolute Gasteiger partial charge is 0.253 e. The third kappa shape index (κ3) is 7.10. The van der Waals surface area contributed by atoms with Crippen molar-refractivity contribution in [3.63, 3.8) is 0 Å². The minimum Gasteiger partial charge on any atom is -0.379 e. The Kier molecular flexibility index (Phi) is 9.82. The fourth-order valence-corrected chi connectivity index (χ4v) is 7.12. The highest BCUT2D eigenvalue weighted by Gasteiger charge is 2.27. The first kappa shape index (κ1) is 30.6. The molecule has 3 aliphatic rings. The van der Waals surface area contributed by atoms with E-state index in [1.165, 1.54) is 24.1 Å². The number of amides is 1. The van der Waals surface area contributed by atoms with E-state index in [-0.39, 0.29) is 11.9 Å². The molecule has 0 atom stereocenters. The van der Waals surface area contributed by atoms with Gasteiger partial charge in [-0.3, -0.25) is 9.69 Å². The quantitative estimate of drug-likeness (QED) is 0.336. The molecule has 9 heteroatoms. The van der Waals surface area contributed by atoms with Crippen molar-refractivity contribution in [2.45, 2.75) is 83.3 Å². The number of anilines is 2. The first-order chi connectivity index (χ1) is 21.5. The molecule has 0 spiro atoms. The van der Waals surface area contributed by atoms with Crippen molar-refractivity contribution in [2.75, 3.05) is 57.2 Å². The Balaban J connectivity index is 1.08. The molecular weight excluding hydrogens is 550 g/mol. The van der Waals surface area contributed by atoms with Crippen LogP contribution in [-0.4, -0.2) is 84.4 Å². The van der Waals surface area contributed by atoms with Gasteiger partial charge >= 0.3 is 0 Å². The lowest BCUT2D eigenvalue weighted by Gasteiger charge is -2.30. The van der Waals surface area contributed by atoms with Gasteiger partial charge in [0.25, 0.3) is 5.91 Å². The lowest BCUT2D eigenvalue weighted by atomic mass is 9.91. The Hall–Kier alpha value is -3.43. The zero-order chi connectivity index (χ0) is 30.5. The van der Waals surface area contributed by atoms with Crippen LogP contribution >= 0.6 is 0 Å². The van der Waals surface area contributed by atoms with Crippen molar-refractivity contribution < 1.29 is 9.53 Å². The summed E-state index contributed by atoms with van der Waals surface area (Å²) >= 11 is 0. The molecule has 1 saturated carbocycles. The molecule has 2 aromatic heterocycles. The second-order valence-corrected chi connectivity index (χ2v) is 12.9. The number of rotatable bonds is 10. The van der Waals surface area contributed by atoms with E-state index in [2.05, 4.69) is 76.4 Å².